The van der Waals surface area contributed by atoms with E-state index in [1.54, 1.807) is 0 Å². The lowest BCUT2D eigenvalue weighted by atomic mass is 10.1. The molecule has 0 radical (unpaired) electrons. The molecule has 1 aliphatic heterocycles. The smallest absolute Gasteiger partial charge is 0.426 e. The zero-order chi connectivity index (χ0) is 21.2. The Morgan fingerprint density at radius 2 is 1.86 bits per heavy atom. The summed E-state index contributed by atoms with van der Waals surface area (Å²) in [4.78, 5) is -0.806. The van der Waals surface area contributed by atoms with Gasteiger partial charge >= 0.3 is 17.5 Å². The molecule has 0 saturated carbocycles. The van der Waals surface area contributed by atoms with E-state index in [0.29, 0.717) is 10.7 Å². The topological polar surface area (TPSA) is 76.9 Å². The van der Waals surface area contributed by atoms with Crippen molar-refractivity contribution in [3.8, 4) is 17.5 Å². The molecule has 2 heterocycles. The van der Waals surface area contributed by atoms with Crippen molar-refractivity contribution < 1.29 is 35.5 Å². The van der Waals surface area contributed by atoms with Gasteiger partial charge in [-0.15, -0.1) is 0 Å². The van der Waals surface area contributed by atoms with Gasteiger partial charge in [0.15, 0.2) is 11.4 Å². The first-order chi connectivity index (χ1) is 12.7. The van der Waals surface area contributed by atoms with Crippen LogP contribution in [0.1, 0.15) is 11.3 Å². The number of ether oxygens (including phenoxy) is 1. The van der Waals surface area contributed by atoms with Gasteiger partial charge in [0, 0.05) is 0 Å². The zero-order valence-corrected chi connectivity index (χ0v) is 15.0. The van der Waals surface area contributed by atoms with Crippen molar-refractivity contribution in [1.29, 1.82) is 5.26 Å². The molecular formula is C13H3Cl2F7N4OS. The number of aromatic nitrogens is 2. The number of thioether (sulfide) groups is 1. The molecule has 1 aromatic heterocycles. The number of nitrogens with zero attached hydrogens (tertiary/aromatic N) is 3. The van der Waals surface area contributed by atoms with E-state index in [1.165, 1.54) is 6.07 Å². The van der Waals surface area contributed by atoms with Gasteiger partial charge in [0.05, 0.1) is 15.5 Å². The number of nitrogens with two attached hydrogens (primary N) is 1. The van der Waals surface area contributed by atoms with E-state index in [2.05, 4.69) is 9.84 Å². The van der Waals surface area contributed by atoms with E-state index in [1.807, 2.05) is 0 Å². The molecule has 1 aromatic carbocycles. The highest BCUT2D eigenvalue weighted by molar-refractivity contribution is 8.00. The van der Waals surface area contributed by atoms with Gasteiger partial charge < -0.3 is 10.5 Å². The van der Waals surface area contributed by atoms with Crippen LogP contribution in [-0.2, 0) is 5.92 Å². The van der Waals surface area contributed by atoms with Gasteiger partial charge in [-0.25, -0.2) is 4.68 Å². The predicted molar refractivity (Wildman–Crippen MR) is 84.1 cm³/mol. The average molecular weight is 467 g/mol. The van der Waals surface area contributed by atoms with Gasteiger partial charge in [-0.2, -0.15) is 41.1 Å². The molecule has 5 nitrogen and oxygen atoms in total. The van der Waals surface area contributed by atoms with Gasteiger partial charge in [0.1, 0.15) is 22.6 Å². The maximum atomic E-state index is 13.8. The summed E-state index contributed by atoms with van der Waals surface area (Å²) < 4.78 is 96.9. The minimum absolute atomic E-state index is 0.406. The van der Waals surface area contributed by atoms with Gasteiger partial charge in [0.25, 0.3) is 0 Å². The van der Waals surface area contributed by atoms with E-state index in [9.17, 15) is 30.7 Å². The Bertz CT molecular complexity index is 1030. The number of halogens is 9. The number of benzene rings is 1. The molecule has 0 unspecified atom stereocenters. The number of hydrogen-bond donors (Lipinski definition) is 1. The molecule has 0 aliphatic carbocycles. The number of fused-ring (bicyclic) bond motifs is 1. The van der Waals surface area contributed by atoms with Crippen LogP contribution in [0.4, 0.5) is 36.6 Å². The normalized spacial score (nSPS) is 17.1. The lowest BCUT2D eigenvalue weighted by Crippen LogP contribution is -2.36. The van der Waals surface area contributed by atoms with Crippen molar-refractivity contribution in [2.24, 2.45) is 0 Å². The maximum Gasteiger partial charge on any atom is 0.469 e. The van der Waals surface area contributed by atoms with E-state index < -0.39 is 72.8 Å². The van der Waals surface area contributed by atoms with Crippen LogP contribution in [0.2, 0.25) is 10.0 Å². The fourth-order valence-corrected chi connectivity index (χ4v) is 3.60. The second kappa shape index (κ2) is 6.23. The Balaban J connectivity index is 2.25. The molecule has 0 bridgehead atoms. The molecule has 1 aliphatic rings. The van der Waals surface area contributed by atoms with Crippen LogP contribution >= 0.6 is 35.0 Å². The molecular weight excluding hydrogens is 464 g/mol. The Kier molecular flexibility index (Phi) is 4.60. The molecule has 2 N–H and O–H groups in total. The van der Waals surface area contributed by atoms with E-state index >= 15 is 0 Å². The molecule has 2 aromatic rings. The van der Waals surface area contributed by atoms with Gasteiger partial charge in [-0.3, -0.25) is 0 Å². The fourth-order valence-electron chi connectivity index (χ4n) is 2.34. The molecule has 28 heavy (non-hydrogen) atoms. The average Bonchev–Trinajstić information content (AvgIpc) is 2.93. The van der Waals surface area contributed by atoms with Crippen LogP contribution in [-0.4, -0.2) is 21.4 Å². The monoisotopic (exact) mass is 466 g/mol. The quantitative estimate of drug-likeness (QED) is 0.478. The minimum Gasteiger partial charge on any atom is -0.426 e. The number of hydrogen-bond acceptors (Lipinski definition) is 5. The molecule has 15 heteroatoms. The molecule has 0 amide bonds. The van der Waals surface area contributed by atoms with Crippen LogP contribution in [0.15, 0.2) is 11.0 Å². The Morgan fingerprint density at radius 1 is 1.25 bits per heavy atom. The van der Waals surface area contributed by atoms with Crippen LogP contribution in [0.25, 0.3) is 5.69 Å². The summed E-state index contributed by atoms with van der Waals surface area (Å²) in [7, 11) is 0. The number of nitriles is 1. The lowest BCUT2D eigenvalue weighted by Gasteiger charge is -2.15. The summed E-state index contributed by atoms with van der Waals surface area (Å²) in [6, 6.07) is 1.78. The van der Waals surface area contributed by atoms with Gasteiger partial charge in [-0.05, 0) is 17.8 Å². The number of anilines is 1. The highest BCUT2D eigenvalue weighted by atomic mass is 35.5. The SMILES string of the molecule is N#Cc1nn(-c2c(Cl)cc3c(c2Cl)OC(F)(F)C3(F)F)c(N)c1SC(F)(F)F. The highest BCUT2D eigenvalue weighted by Gasteiger charge is 2.67. The van der Waals surface area contributed by atoms with Crippen molar-refractivity contribution in [1.82, 2.24) is 9.78 Å². The second-order valence-corrected chi connectivity index (χ2v) is 7.09. The summed E-state index contributed by atoms with van der Waals surface area (Å²) in [5, 5.41) is 10.9. The zero-order valence-electron chi connectivity index (χ0n) is 12.7. The highest BCUT2D eigenvalue weighted by Crippen LogP contribution is 2.58. The van der Waals surface area contributed by atoms with Crippen LogP contribution in [0, 0.1) is 11.3 Å². The fraction of sp³-hybridized carbons (Fsp3) is 0.231. The second-order valence-electron chi connectivity index (χ2n) is 5.23. The van der Waals surface area contributed by atoms with Crippen molar-refractivity contribution in [2.75, 3.05) is 5.73 Å². The Labute approximate surface area is 164 Å². The minimum atomic E-state index is -4.94. The molecule has 3 rings (SSSR count). The summed E-state index contributed by atoms with van der Waals surface area (Å²) in [6.07, 6.45) is -4.94. The third-order valence-electron chi connectivity index (χ3n) is 3.49. The van der Waals surface area contributed by atoms with Crippen molar-refractivity contribution in [2.45, 2.75) is 22.4 Å². The van der Waals surface area contributed by atoms with Gasteiger partial charge in [-0.1, -0.05) is 23.2 Å². The summed E-state index contributed by atoms with van der Waals surface area (Å²) >= 11 is 10.9. The molecule has 150 valence electrons. The first kappa shape index (κ1) is 20.7. The Hall–Kier alpha value is -2.04. The first-order valence-electron chi connectivity index (χ1n) is 6.73. The number of nitrogen functional groups attached to an aromatic ring is 1. The van der Waals surface area contributed by atoms with Crippen molar-refractivity contribution >= 4 is 40.8 Å². The van der Waals surface area contributed by atoms with Gasteiger partial charge in [0.2, 0.25) is 0 Å². The summed E-state index contributed by atoms with van der Waals surface area (Å²) in [5.74, 6) is -6.67. The molecule has 0 fully saturated rings. The van der Waals surface area contributed by atoms with Crippen LogP contribution < -0.4 is 10.5 Å². The van der Waals surface area contributed by atoms with E-state index in [-0.39, 0.29) is 0 Å². The third-order valence-corrected chi connectivity index (χ3v) is 4.97. The molecule has 0 atom stereocenters. The van der Waals surface area contributed by atoms with Crippen LogP contribution in [0.3, 0.4) is 0 Å². The lowest BCUT2D eigenvalue weighted by molar-refractivity contribution is -0.296. The number of alkyl halides is 7. The van der Waals surface area contributed by atoms with E-state index in [0.717, 1.165) is 0 Å². The molecule has 0 saturated heterocycles. The standard InChI is InChI=1S/C13H3Cl2F7N4OS/c14-4-1-3-8(27-12(18,19)11(3,16)17)6(15)7(4)26-10(24)9(5(2-23)25-26)28-13(20,21)22/h1H,24H2. The maximum absolute atomic E-state index is 13.8. The largest absolute Gasteiger partial charge is 0.469 e. The third kappa shape index (κ3) is 2.99. The summed E-state index contributed by atoms with van der Waals surface area (Å²) in [6.45, 7) is 0. The molecule has 0 spiro atoms. The summed E-state index contributed by atoms with van der Waals surface area (Å²) in [5.41, 5.74) is -1.97. The predicted octanol–water partition coefficient (Wildman–Crippen LogP) is 5.32. The Morgan fingerprint density at radius 3 is 2.39 bits per heavy atom. The number of rotatable bonds is 2. The van der Waals surface area contributed by atoms with Crippen molar-refractivity contribution in [3.63, 3.8) is 0 Å². The van der Waals surface area contributed by atoms with Crippen LogP contribution in [0.5, 0.6) is 5.75 Å². The van der Waals surface area contributed by atoms with Crippen molar-refractivity contribution in [3.05, 3.63) is 27.4 Å². The first-order valence-corrected chi connectivity index (χ1v) is 8.30. The van der Waals surface area contributed by atoms with E-state index in [4.69, 9.17) is 34.2 Å².